The molecule has 15 heavy (non-hydrogen) atoms. The second kappa shape index (κ2) is 2.76. The Morgan fingerprint density at radius 3 is 3.07 bits per heavy atom. The standard InChI is InChI=1S/C11H5F2N2/c12-7-3-4-8-9(10(7)13)6-2-1-5-14-11(6)15-8/h1-3,5H,(H,14,15). The Kier molecular flexibility index (Phi) is 1.54. The van der Waals surface area contributed by atoms with Gasteiger partial charge in [-0.15, -0.1) is 0 Å². The first kappa shape index (κ1) is 8.35. The van der Waals surface area contributed by atoms with Crippen molar-refractivity contribution in [3.8, 4) is 0 Å². The molecule has 0 saturated heterocycles. The average Bonchev–Trinajstić information content (AvgIpc) is 2.62. The molecule has 0 amide bonds. The van der Waals surface area contributed by atoms with Gasteiger partial charge in [0.05, 0.1) is 5.52 Å². The highest BCUT2D eigenvalue weighted by Crippen LogP contribution is 2.27. The van der Waals surface area contributed by atoms with Gasteiger partial charge in [0, 0.05) is 23.0 Å². The lowest BCUT2D eigenvalue weighted by molar-refractivity contribution is 0.517. The van der Waals surface area contributed by atoms with E-state index in [1.807, 2.05) is 0 Å². The van der Waals surface area contributed by atoms with Crippen LogP contribution in [0.2, 0.25) is 0 Å². The minimum absolute atomic E-state index is 0.207. The molecular formula is C11H5F2N2. The predicted octanol–water partition coefficient (Wildman–Crippen LogP) is 2.79. The molecule has 0 atom stereocenters. The second-order valence-corrected chi connectivity index (χ2v) is 3.23. The van der Waals surface area contributed by atoms with Gasteiger partial charge in [0.15, 0.2) is 11.6 Å². The number of hydrogen-bond donors (Lipinski definition) is 1. The van der Waals surface area contributed by atoms with Gasteiger partial charge in [-0.05, 0) is 18.2 Å². The van der Waals surface area contributed by atoms with Gasteiger partial charge in [-0.25, -0.2) is 13.8 Å². The molecule has 1 radical (unpaired) electrons. The van der Waals surface area contributed by atoms with E-state index in [4.69, 9.17) is 0 Å². The summed E-state index contributed by atoms with van der Waals surface area (Å²) in [6, 6.07) is 6.99. The quantitative estimate of drug-likeness (QED) is 0.598. The summed E-state index contributed by atoms with van der Waals surface area (Å²) in [6.45, 7) is 0. The summed E-state index contributed by atoms with van der Waals surface area (Å²) in [7, 11) is 0. The first-order valence-electron chi connectivity index (χ1n) is 4.39. The lowest BCUT2D eigenvalue weighted by atomic mass is 10.2. The number of hydrogen-bond acceptors (Lipinski definition) is 1. The Hall–Kier alpha value is -1.97. The number of rotatable bonds is 0. The number of fused-ring (bicyclic) bond motifs is 3. The highest BCUT2D eigenvalue weighted by atomic mass is 19.2. The maximum Gasteiger partial charge on any atom is 0.168 e. The molecule has 0 aliphatic heterocycles. The van der Waals surface area contributed by atoms with Crippen LogP contribution in [0.4, 0.5) is 8.78 Å². The maximum absolute atomic E-state index is 13.5. The van der Waals surface area contributed by atoms with E-state index in [1.54, 1.807) is 18.3 Å². The van der Waals surface area contributed by atoms with Crippen LogP contribution in [-0.2, 0) is 0 Å². The van der Waals surface area contributed by atoms with Crippen molar-refractivity contribution < 1.29 is 8.78 Å². The number of pyridine rings is 1. The zero-order valence-corrected chi connectivity index (χ0v) is 7.51. The lowest BCUT2D eigenvalue weighted by Crippen LogP contribution is -1.83. The molecule has 0 spiro atoms. The molecular weight excluding hydrogens is 198 g/mol. The SMILES string of the molecule is Fc1c[c]c2[nH]c3ncccc3c2c1F. The van der Waals surface area contributed by atoms with Crippen molar-refractivity contribution in [1.82, 2.24) is 9.97 Å². The molecule has 4 heteroatoms. The van der Waals surface area contributed by atoms with Gasteiger partial charge in [0.25, 0.3) is 0 Å². The molecule has 2 aromatic heterocycles. The van der Waals surface area contributed by atoms with Gasteiger partial charge in [-0.2, -0.15) is 0 Å². The van der Waals surface area contributed by atoms with Crippen LogP contribution in [0.5, 0.6) is 0 Å². The average molecular weight is 203 g/mol. The van der Waals surface area contributed by atoms with Crippen molar-refractivity contribution in [3.05, 3.63) is 42.1 Å². The van der Waals surface area contributed by atoms with E-state index in [9.17, 15) is 8.78 Å². The number of nitrogens with zero attached hydrogens (tertiary/aromatic N) is 1. The van der Waals surface area contributed by atoms with Crippen molar-refractivity contribution in [3.63, 3.8) is 0 Å². The van der Waals surface area contributed by atoms with E-state index >= 15 is 0 Å². The Morgan fingerprint density at radius 1 is 1.33 bits per heavy atom. The van der Waals surface area contributed by atoms with E-state index < -0.39 is 11.6 Å². The highest BCUT2D eigenvalue weighted by molar-refractivity contribution is 6.05. The Bertz CT molecular complexity index is 658. The summed E-state index contributed by atoms with van der Waals surface area (Å²) >= 11 is 0. The summed E-state index contributed by atoms with van der Waals surface area (Å²) in [5, 5.41) is 0.777. The van der Waals surface area contributed by atoms with Crippen LogP contribution >= 0.6 is 0 Å². The van der Waals surface area contributed by atoms with Crippen molar-refractivity contribution >= 4 is 21.9 Å². The Balaban J connectivity index is 2.63. The van der Waals surface area contributed by atoms with Crippen LogP contribution in [0.25, 0.3) is 21.9 Å². The van der Waals surface area contributed by atoms with E-state index in [0.717, 1.165) is 6.07 Å². The summed E-state index contributed by atoms with van der Waals surface area (Å²) in [6.07, 6.45) is 1.59. The molecule has 0 aliphatic carbocycles. The first-order chi connectivity index (χ1) is 7.27. The molecule has 0 fully saturated rings. The van der Waals surface area contributed by atoms with Gasteiger partial charge < -0.3 is 4.98 Å². The molecule has 3 aromatic rings. The van der Waals surface area contributed by atoms with Crippen molar-refractivity contribution in [2.45, 2.75) is 0 Å². The number of aromatic nitrogens is 2. The zero-order chi connectivity index (χ0) is 10.4. The van der Waals surface area contributed by atoms with Crippen LogP contribution in [-0.4, -0.2) is 9.97 Å². The molecule has 0 bridgehead atoms. The number of benzene rings is 1. The van der Waals surface area contributed by atoms with E-state index in [1.165, 1.54) is 0 Å². The minimum Gasteiger partial charge on any atom is -0.339 e. The van der Waals surface area contributed by atoms with Crippen molar-refractivity contribution in [2.75, 3.05) is 0 Å². The minimum atomic E-state index is -0.896. The molecule has 3 rings (SSSR count). The summed E-state index contributed by atoms with van der Waals surface area (Å²) in [4.78, 5) is 6.90. The van der Waals surface area contributed by atoms with Crippen LogP contribution in [0.1, 0.15) is 0 Å². The third-order valence-corrected chi connectivity index (χ3v) is 2.34. The zero-order valence-electron chi connectivity index (χ0n) is 7.51. The van der Waals surface area contributed by atoms with Crippen LogP contribution in [0.15, 0.2) is 24.4 Å². The molecule has 1 aromatic carbocycles. The molecule has 73 valence electrons. The summed E-state index contributed by atoms with van der Waals surface area (Å²) in [5.41, 5.74) is 0.968. The number of aromatic amines is 1. The largest absolute Gasteiger partial charge is 0.339 e. The number of H-pyrrole nitrogens is 1. The molecule has 2 heterocycles. The smallest absolute Gasteiger partial charge is 0.168 e. The number of nitrogens with one attached hydrogen (secondary N) is 1. The van der Waals surface area contributed by atoms with Gasteiger partial charge in [0.1, 0.15) is 5.65 Å². The fourth-order valence-electron chi connectivity index (χ4n) is 1.68. The molecule has 2 nitrogen and oxygen atoms in total. The van der Waals surface area contributed by atoms with Crippen molar-refractivity contribution in [1.29, 1.82) is 0 Å². The Morgan fingerprint density at radius 2 is 2.20 bits per heavy atom. The van der Waals surface area contributed by atoms with Gasteiger partial charge >= 0.3 is 0 Å². The summed E-state index contributed by atoms with van der Waals surface area (Å²) in [5.74, 6) is -1.75. The van der Waals surface area contributed by atoms with Crippen molar-refractivity contribution in [2.24, 2.45) is 0 Å². The number of halogens is 2. The Labute approximate surface area is 83.6 Å². The maximum atomic E-state index is 13.5. The highest BCUT2D eigenvalue weighted by Gasteiger charge is 2.12. The van der Waals surface area contributed by atoms with Gasteiger partial charge in [0.2, 0.25) is 0 Å². The van der Waals surface area contributed by atoms with E-state index in [2.05, 4.69) is 16.0 Å². The normalized spacial score (nSPS) is 11.3. The third kappa shape index (κ3) is 1.05. The fraction of sp³-hybridized carbons (Fsp3) is 0. The molecule has 0 unspecified atom stereocenters. The monoisotopic (exact) mass is 203 g/mol. The molecule has 0 saturated carbocycles. The predicted molar refractivity (Wildman–Crippen MR) is 52.4 cm³/mol. The van der Waals surface area contributed by atoms with Crippen LogP contribution in [0, 0.1) is 17.7 Å². The van der Waals surface area contributed by atoms with E-state index in [-0.39, 0.29) is 5.39 Å². The van der Waals surface area contributed by atoms with Gasteiger partial charge in [-0.3, -0.25) is 0 Å². The van der Waals surface area contributed by atoms with Crippen LogP contribution in [0.3, 0.4) is 0 Å². The first-order valence-corrected chi connectivity index (χ1v) is 4.39. The topological polar surface area (TPSA) is 28.7 Å². The molecule has 0 aliphatic rings. The third-order valence-electron chi connectivity index (χ3n) is 2.34. The fourth-order valence-corrected chi connectivity index (χ4v) is 1.68. The van der Waals surface area contributed by atoms with E-state index in [0.29, 0.717) is 16.6 Å². The lowest BCUT2D eigenvalue weighted by Gasteiger charge is -1.94. The molecule has 1 N–H and O–H groups in total. The van der Waals surface area contributed by atoms with Gasteiger partial charge in [-0.1, -0.05) is 0 Å². The second-order valence-electron chi connectivity index (χ2n) is 3.23. The summed E-state index contributed by atoms with van der Waals surface area (Å²) < 4.78 is 26.5. The van der Waals surface area contributed by atoms with Crippen LogP contribution < -0.4 is 0 Å².